The molecule has 0 bridgehead atoms. The standard InChI is InChI=1S/C18H25N3O2/c1-17(2,3)14-12-15(21(20-14)18(4,5)6)19-16(22)10-9-13-8-7-11-23-13/h7-12H,1-6H3,(H,19,22)/b10-9+. The van der Waals surface area contributed by atoms with E-state index in [1.807, 2.05) is 10.7 Å². The van der Waals surface area contributed by atoms with Gasteiger partial charge in [0.25, 0.3) is 0 Å². The van der Waals surface area contributed by atoms with Gasteiger partial charge in [-0.15, -0.1) is 0 Å². The number of amides is 1. The molecular weight excluding hydrogens is 290 g/mol. The van der Waals surface area contributed by atoms with E-state index in [4.69, 9.17) is 4.42 Å². The minimum Gasteiger partial charge on any atom is -0.465 e. The van der Waals surface area contributed by atoms with E-state index in [1.165, 1.54) is 6.08 Å². The van der Waals surface area contributed by atoms with E-state index in [0.29, 0.717) is 11.6 Å². The lowest BCUT2D eigenvalue weighted by atomic mass is 9.92. The molecule has 2 aromatic heterocycles. The average Bonchev–Trinajstić information content (AvgIpc) is 3.03. The first-order chi connectivity index (χ1) is 10.6. The summed E-state index contributed by atoms with van der Waals surface area (Å²) in [6, 6.07) is 5.51. The highest BCUT2D eigenvalue weighted by atomic mass is 16.3. The van der Waals surface area contributed by atoms with E-state index in [0.717, 1.165) is 5.69 Å². The van der Waals surface area contributed by atoms with Crippen LogP contribution in [0.3, 0.4) is 0 Å². The van der Waals surface area contributed by atoms with E-state index < -0.39 is 0 Å². The Labute approximate surface area is 137 Å². The van der Waals surface area contributed by atoms with Crippen LogP contribution in [0, 0.1) is 0 Å². The molecule has 124 valence electrons. The Hall–Kier alpha value is -2.30. The molecule has 0 saturated heterocycles. The fraction of sp³-hybridized carbons (Fsp3) is 0.444. The van der Waals surface area contributed by atoms with Gasteiger partial charge in [-0.1, -0.05) is 20.8 Å². The number of carbonyl (C=O) groups excluding carboxylic acids is 1. The monoisotopic (exact) mass is 315 g/mol. The maximum Gasteiger partial charge on any atom is 0.249 e. The highest BCUT2D eigenvalue weighted by Gasteiger charge is 2.25. The third-order valence-corrected chi connectivity index (χ3v) is 3.31. The lowest BCUT2D eigenvalue weighted by Gasteiger charge is -2.22. The zero-order valence-corrected chi connectivity index (χ0v) is 14.7. The molecule has 5 nitrogen and oxygen atoms in total. The van der Waals surface area contributed by atoms with Crippen LogP contribution >= 0.6 is 0 Å². The van der Waals surface area contributed by atoms with E-state index >= 15 is 0 Å². The summed E-state index contributed by atoms with van der Waals surface area (Å²) < 4.78 is 7.03. The highest BCUT2D eigenvalue weighted by Crippen LogP contribution is 2.28. The van der Waals surface area contributed by atoms with Crippen molar-refractivity contribution in [3.05, 3.63) is 42.0 Å². The molecule has 1 N–H and O–H groups in total. The molecule has 1 amide bonds. The molecule has 0 atom stereocenters. The van der Waals surface area contributed by atoms with Gasteiger partial charge in [-0.3, -0.25) is 4.79 Å². The highest BCUT2D eigenvalue weighted by molar-refractivity contribution is 6.01. The number of hydrogen-bond acceptors (Lipinski definition) is 3. The van der Waals surface area contributed by atoms with Crippen molar-refractivity contribution in [2.24, 2.45) is 0 Å². The molecule has 5 heteroatoms. The quantitative estimate of drug-likeness (QED) is 0.864. The van der Waals surface area contributed by atoms with Crippen LogP contribution in [0.15, 0.2) is 35.0 Å². The van der Waals surface area contributed by atoms with Crippen LogP contribution in [0.2, 0.25) is 0 Å². The zero-order valence-electron chi connectivity index (χ0n) is 14.7. The van der Waals surface area contributed by atoms with Crippen molar-refractivity contribution in [2.75, 3.05) is 5.32 Å². The molecule has 2 rings (SSSR count). The molecule has 0 aromatic carbocycles. The van der Waals surface area contributed by atoms with Crippen LogP contribution in [0.25, 0.3) is 6.08 Å². The number of nitrogens with zero attached hydrogens (tertiary/aromatic N) is 2. The second-order valence-corrected chi connectivity index (χ2v) is 7.59. The Bertz CT molecular complexity index is 696. The summed E-state index contributed by atoms with van der Waals surface area (Å²) in [6.07, 6.45) is 4.66. The molecule has 2 heterocycles. The summed E-state index contributed by atoms with van der Waals surface area (Å²) in [6.45, 7) is 12.5. The third kappa shape index (κ3) is 4.34. The van der Waals surface area contributed by atoms with Gasteiger partial charge >= 0.3 is 0 Å². The van der Waals surface area contributed by atoms with Crippen LogP contribution in [-0.2, 0) is 15.7 Å². The van der Waals surface area contributed by atoms with Crippen LogP contribution in [0.1, 0.15) is 53.0 Å². The zero-order chi connectivity index (χ0) is 17.3. The molecule has 0 aliphatic carbocycles. The van der Waals surface area contributed by atoms with Crippen LogP contribution in [0.4, 0.5) is 5.82 Å². The maximum absolute atomic E-state index is 12.2. The van der Waals surface area contributed by atoms with Crippen molar-refractivity contribution in [3.63, 3.8) is 0 Å². The Morgan fingerprint density at radius 3 is 2.48 bits per heavy atom. The van der Waals surface area contributed by atoms with E-state index in [-0.39, 0.29) is 16.9 Å². The number of rotatable bonds is 3. The van der Waals surface area contributed by atoms with Crippen molar-refractivity contribution < 1.29 is 9.21 Å². The van der Waals surface area contributed by atoms with E-state index in [2.05, 4.69) is 52.0 Å². The largest absolute Gasteiger partial charge is 0.465 e. The molecule has 0 fully saturated rings. The second kappa shape index (κ2) is 6.07. The van der Waals surface area contributed by atoms with Crippen molar-refractivity contribution in [1.29, 1.82) is 0 Å². The number of carbonyl (C=O) groups is 1. The fourth-order valence-corrected chi connectivity index (χ4v) is 2.06. The summed E-state index contributed by atoms with van der Waals surface area (Å²) in [5, 5.41) is 7.58. The molecule has 0 aliphatic heterocycles. The van der Waals surface area contributed by atoms with Crippen molar-refractivity contribution in [2.45, 2.75) is 52.5 Å². The Balaban J connectivity index is 2.24. The number of aromatic nitrogens is 2. The number of anilines is 1. The van der Waals surface area contributed by atoms with Gasteiger partial charge in [0.05, 0.1) is 17.5 Å². The summed E-state index contributed by atoms with van der Waals surface area (Å²) in [7, 11) is 0. The van der Waals surface area contributed by atoms with Crippen LogP contribution < -0.4 is 5.32 Å². The Morgan fingerprint density at radius 1 is 1.26 bits per heavy atom. The first-order valence-electron chi connectivity index (χ1n) is 7.71. The third-order valence-electron chi connectivity index (χ3n) is 3.31. The van der Waals surface area contributed by atoms with Gasteiger partial charge in [0.1, 0.15) is 11.6 Å². The molecule has 0 saturated carbocycles. The maximum atomic E-state index is 12.2. The summed E-state index contributed by atoms with van der Waals surface area (Å²) in [5.41, 5.74) is 0.634. The smallest absolute Gasteiger partial charge is 0.249 e. The normalized spacial score (nSPS) is 12.8. The second-order valence-electron chi connectivity index (χ2n) is 7.59. The predicted octanol–water partition coefficient (Wildman–Crippen LogP) is 4.18. The van der Waals surface area contributed by atoms with Gasteiger partial charge in [0, 0.05) is 17.6 Å². The Morgan fingerprint density at radius 2 is 1.96 bits per heavy atom. The van der Waals surface area contributed by atoms with Crippen LogP contribution in [0.5, 0.6) is 0 Å². The molecule has 0 radical (unpaired) electrons. The molecule has 0 aliphatic rings. The molecule has 0 spiro atoms. The van der Waals surface area contributed by atoms with Crippen molar-refractivity contribution in [3.8, 4) is 0 Å². The predicted molar refractivity (Wildman–Crippen MR) is 92.3 cm³/mol. The Kier molecular flexibility index (Phi) is 4.50. The van der Waals surface area contributed by atoms with Gasteiger partial charge in [-0.05, 0) is 39.0 Å². The van der Waals surface area contributed by atoms with Gasteiger partial charge in [0.15, 0.2) is 0 Å². The number of furan rings is 1. The average molecular weight is 315 g/mol. The first kappa shape index (κ1) is 17.1. The number of nitrogens with one attached hydrogen (secondary N) is 1. The van der Waals surface area contributed by atoms with Gasteiger partial charge in [-0.25, -0.2) is 4.68 Å². The summed E-state index contributed by atoms with van der Waals surface area (Å²) in [5.74, 6) is 1.11. The minimum absolute atomic E-state index is 0.0833. The van der Waals surface area contributed by atoms with Crippen molar-refractivity contribution in [1.82, 2.24) is 9.78 Å². The molecule has 2 aromatic rings. The van der Waals surface area contributed by atoms with E-state index in [1.54, 1.807) is 24.5 Å². The summed E-state index contributed by atoms with van der Waals surface area (Å²) in [4.78, 5) is 12.2. The van der Waals surface area contributed by atoms with Gasteiger partial charge in [-0.2, -0.15) is 5.10 Å². The van der Waals surface area contributed by atoms with Gasteiger partial charge < -0.3 is 9.73 Å². The van der Waals surface area contributed by atoms with Gasteiger partial charge in [0.2, 0.25) is 5.91 Å². The number of hydrogen-bond donors (Lipinski definition) is 1. The lowest BCUT2D eigenvalue weighted by molar-refractivity contribution is -0.111. The molecule has 23 heavy (non-hydrogen) atoms. The lowest BCUT2D eigenvalue weighted by Crippen LogP contribution is -2.27. The summed E-state index contributed by atoms with van der Waals surface area (Å²) >= 11 is 0. The topological polar surface area (TPSA) is 60.1 Å². The minimum atomic E-state index is -0.225. The first-order valence-corrected chi connectivity index (χ1v) is 7.71. The molecular formula is C18H25N3O2. The van der Waals surface area contributed by atoms with E-state index in [9.17, 15) is 4.79 Å². The fourth-order valence-electron chi connectivity index (χ4n) is 2.06. The SMILES string of the molecule is CC(C)(C)c1cc(NC(=O)/C=C/c2ccco2)n(C(C)(C)C)n1. The molecule has 0 unspecified atom stereocenters. The van der Waals surface area contributed by atoms with Crippen molar-refractivity contribution >= 4 is 17.8 Å². The van der Waals surface area contributed by atoms with Crippen LogP contribution in [-0.4, -0.2) is 15.7 Å².